The average molecular weight is 718 g/mol. The van der Waals surface area contributed by atoms with Crippen LogP contribution in [0, 0.1) is 18.3 Å². The minimum Gasteiger partial charge on any atom is -0.744 e. The van der Waals surface area contributed by atoms with E-state index in [0.29, 0.717) is 39.0 Å². The van der Waals surface area contributed by atoms with Crippen molar-refractivity contribution in [2.45, 2.75) is 16.7 Å². The number of aryl methyl sites for hydroxylation is 1. The van der Waals surface area contributed by atoms with Gasteiger partial charge in [0.25, 0.3) is 0 Å². The summed E-state index contributed by atoms with van der Waals surface area (Å²) in [4.78, 5) is 0.911. The Hall–Kier alpha value is -2.80. The van der Waals surface area contributed by atoms with E-state index < -0.39 is 30.0 Å². The van der Waals surface area contributed by atoms with Crippen LogP contribution in [0.4, 0.5) is 27.8 Å². The van der Waals surface area contributed by atoms with E-state index in [4.69, 9.17) is 9.47 Å². The standard InChI is InChI=1S/C27H27N7O8S3.2Na/c1-17-23(14-28)27(43-33-17)32-31-18-10-24(29-15-41-19-6-4-8-21(12-19)44(35,36)37)26(34(2)3)25(11-18)30-16-42-20-7-5-9-22(13-20)45(38,39)40;;/h4-13,29-30H,15-16H2,1-3H3,(H,35,36,37)(H,38,39,40);;/q;2*+1/p-2. The van der Waals surface area contributed by atoms with E-state index in [9.17, 15) is 31.2 Å². The zero-order valence-electron chi connectivity index (χ0n) is 25.9. The zero-order valence-corrected chi connectivity index (χ0v) is 32.4. The largest absolute Gasteiger partial charge is 1.00 e. The number of azo groups is 1. The molecule has 0 bridgehead atoms. The molecule has 1 aromatic heterocycles. The molecule has 0 aliphatic carbocycles. The molecule has 4 rings (SSSR count). The second kappa shape index (κ2) is 17.6. The summed E-state index contributed by atoms with van der Waals surface area (Å²) < 4.78 is 83.8. The van der Waals surface area contributed by atoms with Gasteiger partial charge in [-0.15, -0.1) is 10.2 Å². The topological polar surface area (TPSA) is 222 Å². The van der Waals surface area contributed by atoms with Gasteiger partial charge in [0.1, 0.15) is 43.4 Å². The summed E-state index contributed by atoms with van der Waals surface area (Å²) in [6.07, 6.45) is 0. The van der Waals surface area contributed by atoms with E-state index in [1.54, 1.807) is 38.1 Å². The van der Waals surface area contributed by atoms with Crippen molar-refractivity contribution in [3.05, 3.63) is 71.9 Å². The number of hydrogen-bond acceptors (Lipinski definition) is 16. The minimum atomic E-state index is -4.67. The maximum Gasteiger partial charge on any atom is 1.00 e. The molecule has 0 fully saturated rings. The number of ether oxygens (including phenoxy) is 2. The summed E-state index contributed by atoms with van der Waals surface area (Å²) in [5, 5.41) is 24.5. The van der Waals surface area contributed by atoms with Crippen LogP contribution >= 0.6 is 11.5 Å². The number of nitriles is 1. The Labute approximate surface area is 320 Å². The van der Waals surface area contributed by atoms with Gasteiger partial charge < -0.3 is 34.1 Å². The maximum absolute atomic E-state index is 11.4. The molecule has 20 heteroatoms. The van der Waals surface area contributed by atoms with Crippen LogP contribution in [0.15, 0.2) is 80.7 Å². The first-order valence-electron chi connectivity index (χ1n) is 12.7. The Morgan fingerprint density at radius 1 is 0.872 bits per heavy atom. The predicted molar refractivity (Wildman–Crippen MR) is 164 cm³/mol. The molecule has 0 amide bonds. The van der Waals surface area contributed by atoms with E-state index in [1.165, 1.54) is 36.4 Å². The van der Waals surface area contributed by atoms with Crippen molar-refractivity contribution in [3.8, 4) is 17.6 Å². The molecule has 4 aromatic rings. The van der Waals surface area contributed by atoms with Gasteiger partial charge in [-0.3, -0.25) is 0 Å². The maximum atomic E-state index is 11.4. The molecule has 3 aromatic carbocycles. The van der Waals surface area contributed by atoms with Crippen molar-refractivity contribution in [1.82, 2.24) is 4.37 Å². The molecule has 0 unspecified atom stereocenters. The van der Waals surface area contributed by atoms with Crippen molar-refractivity contribution >= 4 is 59.5 Å². The molecule has 2 N–H and O–H groups in total. The van der Waals surface area contributed by atoms with Crippen LogP contribution in [0.5, 0.6) is 11.5 Å². The summed E-state index contributed by atoms with van der Waals surface area (Å²) in [5.74, 6) is 0.278. The fourth-order valence-corrected chi connectivity index (χ4v) is 5.61. The Morgan fingerprint density at radius 3 is 1.79 bits per heavy atom. The number of rotatable bonds is 13. The monoisotopic (exact) mass is 717 g/mol. The molecule has 15 nitrogen and oxygen atoms in total. The van der Waals surface area contributed by atoms with Crippen molar-refractivity contribution in [2.24, 2.45) is 10.2 Å². The Bertz CT molecular complexity index is 1900. The fraction of sp³-hybridized carbons (Fsp3) is 0.185. The molecule has 1 heterocycles. The predicted octanol–water partition coefficient (Wildman–Crippen LogP) is -1.48. The number of aromatic nitrogens is 1. The van der Waals surface area contributed by atoms with Gasteiger partial charge in [0.15, 0.2) is 18.5 Å². The molecular formula is C27H25N7Na2O8S3. The Morgan fingerprint density at radius 2 is 1.36 bits per heavy atom. The first kappa shape index (κ1) is 40.4. The third kappa shape index (κ3) is 11.1. The SMILES string of the molecule is Cc1nsc(N=Nc2cc(NCOc3cccc(S(=O)(=O)[O-])c3)c(N(C)C)c(NCOc3cccc(S(=O)(=O)[O-])c3)c2)c1C#N.[Na+].[Na+]. The van der Waals surface area contributed by atoms with E-state index in [-0.39, 0.29) is 84.1 Å². The first-order valence-corrected chi connectivity index (χ1v) is 16.3. The molecule has 0 saturated carbocycles. The van der Waals surface area contributed by atoms with Crippen LogP contribution in [0.2, 0.25) is 0 Å². The van der Waals surface area contributed by atoms with E-state index >= 15 is 0 Å². The summed E-state index contributed by atoms with van der Waals surface area (Å²) >= 11 is 1.02. The van der Waals surface area contributed by atoms with E-state index in [0.717, 1.165) is 23.7 Å². The molecule has 0 aliphatic heterocycles. The van der Waals surface area contributed by atoms with E-state index in [2.05, 4.69) is 31.3 Å². The second-order valence-corrected chi connectivity index (χ2v) is 12.8. The molecule has 0 radical (unpaired) electrons. The van der Waals surface area contributed by atoms with Crippen molar-refractivity contribution in [3.63, 3.8) is 0 Å². The van der Waals surface area contributed by atoms with Gasteiger partial charge in [0.05, 0.1) is 38.2 Å². The van der Waals surface area contributed by atoms with Crippen LogP contribution < -0.4 is 84.1 Å². The Kier molecular flexibility index (Phi) is 15.1. The van der Waals surface area contributed by atoms with Crippen LogP contribution in [0.25, 0.3) is 0 Å². The molecule has 0 saturated heterocycles. The molecule has 0 atom stereocenters. The van der Waals surface area contributed by atoms with Crippen LogP contribution in [0.1, 0.15) is 11.3 Å². The smallest absolute Gasteiger partial charge is 0.744 e. The Balaban J connectivity index is 0.00000384. The molecule has 47 heavy (non-hydrogen) atoms. The van der Waals surface area contributed by atoms with Gasteiger partial charge >= 0.3 is 59.1 Å². The third-order valence-corrected chi connectivity index (χ3v) is 8.43. The first-order chi connectivity index (χ1) is 21.3. The number of hydrogen-bond donors (Lipinski definition) is 2. The third-order valence-electron chi connectivity index (χ3n) is 5.95. The van der Waals surface area contributed by atoms with Crippen LogP contribution in [-0.4, -0.2) is 57.9 Å². The second-order valence-electron chi connectivity index (χ2n) is 9.33. The zero-order chi connectivity index (χ0) is 32.8. The normalized spacial score (nSPS) is 11.1. The van der Waals surface area contributed by atoms with Gasteiger partial charge in [0, 0.05) is 14.1 Å². The van der Waals surface area contributed by atoms with Gasteiger partial charge in [-0.2, -0.15) is 9.64 Å². The number of nitrogens with zero attached hydrogens (tertiary/aromatic N) is 5. The average Bonchev–Trinajstić information content (AvgIpc) is 3.34. The number of benzene rings is 3. The van der Waals surface area contributed by atoms with Gasteiger partial charge in [-0.05, 0) is 67.0 Å². The summed E-state index contributed by atoms with van der Waals surface area (Å²) in [6.45, 7) is 1.39. The quantitative estimate of drug-likeness (QED) is 0.0698. The van der Waals surface area contributed by atoms with Crippen LogP contribution in [-0.2, 0) is 20.2 Å². The van der Waals surface area contributed by atoms with E-state index in [1.807, 2.05) is 0 Å². The van der Waals surface area contributed by atoms with Gasteiger partial charge in [-0.25, -0.2) is 16.8 Å². The summed E-state index contributed by atoms with van der Waals surface area (Å²) in [5.41, 5.74) is 2.77. The molecular weight excluding hydrogens is 693 g/mol. The summed E-state index contributed by atoms with van der Waals surface area (Å²) in [7, 11) is -5.79. The minimum absolute atomic E-state index is 0. The molecule has 0 aliphatic rings. The number of nitrogens with one attached hydrogen (secondary N) is 2. The van der Waals surface area contributed by atoms with Gasteiger partial charge in [-0.1, -0.05) is 12.1 Å². The van der Waals surface area contributed by atoms with Crippen LogP contribution in [0.3, 0.4) is 0 Å². The van der Waals surface area contributed by atoms with Crippen molar-refractivity contribution < 1.29 is 94.5 Å². The van der Waals surface area contributed by atoms with Crippen molar-refractivity contribution in [2.75, 3.05) is 43.1 Å². The summed E-state index contributed by atoms with van der Waals surface area (Å²) in [6, 6.07) is 15.7. The number of anilines is 3. The van der Waals surface area contributed by atoms with Gasteiger partial charge in [0.2, 0.25) is 0 Å². The molecule has 0 spiro atoms. The van der Waals surface area contributed by atoms with Crippen molar-refractivity contribution in [1.29, 1.82) is 5.26 Å². The molecule has 236 valence electrons. The fourth-order valence-electron chi connectivity index (χ4n) is 3.92.